The van der Waals surface area contributed by atoms with E-state index in [1.165, 1.54) is 6.08 Å². The number of unbranched alkanes of at least 4 members (excludes halogenated alkanes) is 6. The first-order chi connectivity index (χ1) is 32.7. The van der Waals surface area contributed by atoms with E-state index >= 15 is 0 Å². The largest absolute Gasteiger partial charge is 0.488 e. The molecule has 2 amide bonds. The van der Waals surface area contributed by atoms with Crippen LogP contribution in [0, 0.1) is 13.8 Å². The van der Waals surface area contributed by atoms with Crippen molar-refractivity contribution in [2.45, 2.75) is 142 Å². The zero-order valence-electron chi connectivity index (χ0n) is 39.7. The van der Waals surface area contributed by atoms with Gasteiger partial charge in [-0.2, -0.15) is 0 Å². The highest BCUT2D eigenvalue weighted by molar-refractivity contribution is 9.10. The average Bonchev–Trinajstić information content (AvgIpc) is 4.13. The minimum absolute atomic E-state index is 0.0422. The monoisotopic (exact) mass is 1000 g/mol. The second-order valence-corrected chi connectivity index (χ2v) is 17.9. The zero-order chi connectivity index (χ0) is 49.4. The first kappa shape index (κ1) is 55.3. The molecule has 2 aliphatic heterocycles. The molecule has 2 saturated heterocycles. The molecule has 0 bridgehead atoms. The van der Waals surface area contributed by atoms with Crippen molar-refractivity contribution in [2.24, 2.45) is 0 Å². The third kappa shape index (κ3) is 18.7. The molecule has 3 atom stereocenters. The molecule has 0 spiro atoms. The van der Waals surface area contributed by atoms with Crippen molar-refractivity contribution in [3.63, 3.8) is 0 Å². The van der Waals surface area contributed by atoms with E-state index in [4.69, 9.17) is 28.7 Å². The topological polar surface area (TPSA) is 208 Å². The molecule has 14 nitrogen and oxygen atoms in total. The van der Waals surface area contributed by atoms with Gasteiger partial charge in [-0.3, -0.25) is 24.0 Å². The fraction of sp³-hybridized carbons (Fsp3) is 0.481. The zero-order valence-corrected chi connectivity index (χ0v) is 41.2. The number of aryl methyl sites for hydroxylation is 2. The summed E-state index contributed by atoms with van der Waals surface area (Å²) in [6.45, 7) is 7.49. The highest BCUT2D eigenvalue weighted by atomic mass is 79.9. The summed E-state index contributed by atoms with van der Waals surface area (Å²) < 4.78 is 16.6. The van der Waals surface area contributed by atoms with Gasteiger partial charge in [-0.15, -0.1) is 0 Å². The molecule has 4 aromatic rings. The Bertz CT molecular complexity index is 2240. The molecule has 2 aromatic heterocycles. The van der Waals surface area contributed by atoms with Crippen molar-refractivity contribution in [1.82, 2.24) is 9.80 Å². The Balaban J connectivity index is 0.000000248. The van der Waals surface area contributed by atoms with Gasteiger partial charge in [0.15, 0.2) is 10.4 Å². The lowest BCUT2D eigenvalue weighted by atomic mass is 9.77. The maximum absolute atomic E-state index is 12.3. The number of aliphatic hydroxyl groups is 1. The van der Waals surface area contributed by atoms with Crippen molar-refractivity contribution in [3.8, 4) is 11.3 Å². The number of aliphatic hydroxyl groups excluding tert-OH is 1. The molecular formula is C52H68BBrN2O12. The number of nitrogens with zero attached hydrogens (tertiary/aromatic N) is 2. The van der Waals surface area contributed by atoms with Crippen LogP contribution < -0.4 is 5.46 Å². The predicted molar refractivity (Wildman–Crippen MR) is 264 cm³/mol. The number of ketones is 1. The Hall–Kier alpha value is -5.29. The lowest BCUT2D eigenvalue weighted by molar-refractivity contribution is -0.143. The molecule has 368 valence electrons. The summed E-state index contributed by atoms with van der Waals surface area (Å²) in [7, 11) is -1.35. The average molecular weight is 1000 g/mol. The van der Waals surface area contributed by atoms with Crippen LogP contribution in [-0.2, 0) is 23.9 Å². The normalized spacial score (nSPS) is 16.0. The Morgan fingerprint density at radius 3 is 2.06 bits per heavy atom. The van der Waals surface area contributed by atoms with Crippen LogP contribution in [0.25, 0.3) is 11.3 Å². The van der Waals surface area contributed by atoms with Crippen LogP contribution in [0.5, 0.6) is 0 Å². The number of carbonyl (C=O) groups excluding carboxylic acids is 4. The third-order valence-electron chi connectivity index (χ3n) is 12.1. The number of rotatable bonds is 24. The number of esters is 1. The van der Waals surface area contributed by atoms with Crippen molar-refractivity contribution < 1.29 is 57.8 Å². The summed E-state index contributed by atoms with van der Waals surface area (Å²) >= 11 is 3.18. The SMILES string of the molecule is CCOC(=O)CCCCCCN1C(=O)CC[C@@H]1/C=C/C(=O)c1ccc(Br)o1.Cc1ccccc1-c1ccc(C(O)CC[C@H]2CCC(=O)N2CCCCCCC(=O)O)o1.Cc1ccccc1B(O)O. The number of aliphatic carboxylic acids is 1. The van der Waals surface area contributed by atoms with Crippen molar-refractivity contribution in [1.29, 1.82) is 0 Å². The van der Waals surface area contributed by atoms with Gasteiger partial charge in [0.1, 0.15) is 17.6 Å². The highest BCUT2D eigenvalue weighted by Gasteiger charge is 2.31. The van der Waals surface area contributed by atoms with E-state index in [9.17, 15) is 29.1 Å². The number of carbonyl (C=O) groups is 5. The van der Waals surface area contributed by atoms with Crippen LogP contribution in [-0.4, -0.2) is 98.5 Å². The number of ether oxygens (including phenoxy) is 1. The van der Waals surface area contributed by atoms with E-state index in [1.54, 1.807) is 37.3 Å². The van der Waals surface area contributed by atoms with Crippen LogP contribution in [0.3, 0.4) is 0 Å². The maximum atomic E-state index is 12.3. The van der Waals surface area contributed by atoms with Gasteiger partial charge in [0.05, 0.1) is 12.6 Å². The van der Waals surface area contributed by atoms with Crippen LogP contribution >= 0.6 is 15.9 Å². The van der Waals surface area contributed by atoms with E-state index in [2.05, 4.69) is 15.9 Å². The summed E-state index contributed by atoms with van der Waals surface area (Å²) in [6, 6.07) is 22.3. The molecule has 2 aliphatic rings. The molecule has 1 unspecified atom stereocenters. The summed E-state index contributed by atoms with van der Waals surface area (Å²) in [5, 5.41) is 36.8. The molecular weight excluding hydrogens is 935 g/mol. The molecule has 68 heavy (non-hydrogen) atoms. The minimum Gasteiger partial charge on any atom is -0.481 e. The number of allylic oxidation sites excluding steroid dienone is 1. The second-order valence-electron chi connectivity index (χ2n) is 17.2. The Morgan fingerprint density at radius 1 is 0.794 bits per heavy atom. The molecule has 0 radical (unpaired) electrons. The van der Waals surface area contributed by atoms with E-state index in [0.29, 0.717) is 67.7 Å². The maximum Gasteiger partial charge on any atom is 0.488 e. The Morgan fingerprint density at radius 2 is 1.43 bits per heavy atom. The molecule has 0 saturated carbocycles. The number of furan rings is 2. The standard InChI is InChI=1S/C25H33NO5.C20H26BrNO5.C7H9BO2/c1-18-8-5-6-9-20(18)22-14-15-23(31-22)21(27)13-11-19-12-16-24(28)26(19)17-7-3-2-4-10-25(29)30;1-2-26-20(25)7-5-3-4-6-14-22-15(9-13-19(22)24)8-10-16(23)17-11-12-18(21)27-17;1-6-4-2-3-5-7(6)8(9)10/h5-6,8-9,14-15,19,21,27H,2-4,7,10-13,16-17H2,1H3,(H,29,30);8,10-12,15H,2-7,9,13-14H2,1H3;2-5,9-10H,1H3/b;10-8+;/t19-,21?;15-;/m00./s1. The van der Waals surface area contributed by atoms with E-state index in [1.807, 2.05) is 72.2 Å². The molecule has 16 heteroatoms. The summed E-state index contributed by atoms with van der Waals surface area (Å²) in [5.74, 6) is 0.797. The third-order valence-corrected chi connectivity index (χ3v) is 12.5. The lowest BCUT2D eigenvalue weighted by Gasteiger charge is -2.25. The predicted octanol–water partition coefficient (Wildman–Crippen LogP) is 9.06. The molecule has 4 N–H and O–H groups in total. The lowest BCUT2D eigenvalue weighted by Crippen LogP contribution is -2.34. The highest BCUT2D eigenvalue weighted by Crippen LogP contribution is 2.32. The van der Waals surface area contributed by atoms with Gasteiger partial charge in [-0.25, -0.2) is 0 Å². The quantitative estimate of drug-likeness (QED) is 0.0170. The summed E-state index contributed by atoms with van der Waals surface area (Å²) in [4.78, 5) is 62.1. The number of likely N-dealkylation sites (tertiary alicyclic amines) is 2. The number of hydrogen-bond donors (Lipinski definition) is 4. The summed E-state index contributed by atoms with van der Waals surface area (Å²) in [5.41, 5.74) is 3.62. The van der Waals surface area contributed by atoms with Crippen molar-refractivity contribution >= 4 is 58.0 Å². The smallest absolute Gasteiger partial charge is 0.481 e. The van der Waals surface area contributed by atoms with Gasteiger partial charge in [0.2, 0.25) is 17.6 Å². The van der Waals surface area contributed by atoms with E-state index < -0.39 is 19.2 Å². The van der Waals surface area contributed by atoms with Crippen molar-refractivity contribution in [3.05, 3.63) is 112 Å². The van der Waals surface area contributed by atoms with E-state index in [-0.39, 0.29) is 47.8 Å². The van der Waals surface area contributed by atoms with E-state index in [0.717, 1.165) is 86.7 Å². The number of amides is 2. The molecule has 2 fully saturated rings. The number of hydrogen-bond acceptors (Lipinski definition) is 11. The Labute approximate surface area is 409 Å². The molecule has 4 heterocycles. The van der Waals surface area contributed by atoms with Gasteiger partial charge in [-0.1, -0.05) is 85.9 Å². The second kappa shape index (κ2) is 29.6. The first-order valence-electron chi connectivity index (χ1n) is 23.9. The number of benzene rings is 2. The van der Waals surface area contributed by atoms with Crippen LogP contribution in [0.15, 0.2) is 98.5 Å². The molecule has 2 aromatic carbocycles. The first-order valence-corrected chi connectivity index (χ1v) is 24.7. The van der Waals surface area contributed by atoms with Gasteiger partial charge < -0.3 is 43.6 Å². The minimum atomic E-state index is -1.35. The fourth-order valence-electron chi connectivity index (χ4n) is 8.32. The molecule has 0 aliphatic carbocycles. The van der Waals surface area contributed by atoms with Gasteiger partial charge in [0, 0.05) is 50.4 Å². The number of carboxylic acid groups (broad SMARTS) is 1. The van der Waals surface area contributed by atoms with Gasteiger partial charge in [0.25, 0.3) is 0 Å². The van der Waals surface area contributed by atoms with Crippen LogP contribution in [0.2, 0.25) is 0 Å². The molecule has 6 rings (SSSR count). The summed E-state index contributed by atoms with van der Waals surface area (Å²) in [6.07, 6.45) is 14.2. The van der Waals surface area contributed by atoms with Gasteiger partial charge in [-0.05, 0) is 129 Å². The van der Waals surface area contributed by atoms with Crippen molar-refractivity contribution in [2.75, 3.05) is 19.7 Å². The Kier molecular flexibility index (Phi) is 24.1. The number of halogens is 1. The van der Waals surface area contributed by atoms with Crippen LogP contribution in [0.1, 0.15) is 143 Å². The fourth-order valence-corrected chi connectivity index (χ4v) is 8.63. The number of carboxylic acids is 1. The van der Waals surface area contributed by atoms with Gasteiger partial charge >= 0.3 is 19.1 Å². The van der Waals surface area contributed by atoms with Crippen LogP contribution in [0.4, 0.5) is 0 Å².